The van der Waals surface area contributed by atoms with Crippen molar-refractivity contribution < 1.29 is 22.9 Å². The molecular formula is C5H12FO4PSi. The maximum atomic E-state index is 12.2. The maximum absolute atomic E-state index is 12.2. The van der Waals surface area contributed by atoms with Crippen molar-refractivity contribution in [2.75, 3.05) is 6.61 Å². The molecular weight excluding hydrogens is 202 g/mol. The molecule has 0 aliphatic carbocycles. The van der Waals surface area contributed by atoms with Crippen molar-refractivity contribution in [2.24, 2.45) is 0 Å². The second-order valence-corrected chi connectivity index (χ2v) is 5.59. The van der Waals surface area contributed by atoms with Crippen molar-refractivity contribution >= 4 is 18.1 Å². The lowest BCUT2D eigenvalue weighted by Crippen LogP contribution is -2.38. The Morgan fingerprint density at radius 1 is 1.67 bits per heavy atom. The molecule has 1 saturated heterocycles. The SMILES string of the molecule is O=P(O)(F)OC1([SiH3])CCCCO1. The van der Waals surface area contributed by atoms with Gasteiger partial charge in [-0.25, -0.2) is 4.57 Å². The summed E-state index contributed by atoms with van der Waals surface area (Å²) < 4.78 is 32.0. The first kappa shape index (κ1) is 10.3. The first-order valence-corrected chi connectivity index (χ1v) is 6.25. The average Bonchev–Trinajstić information content (AvgIpc) is 1.83. The van der Waals surface area contributed by atoms with Gasteiger partial charge < -0.3 is 4.74 Å². The Kier molecular flexibility index (Phi) is 3.06. The molecule has 1 heterocycles. The highest BCUT2D eigenvalue weighted by atomic mass is 31.2. The first-order valence-electron chi connectivity index (χ1n) is 3.78. The van der Waals surface area contributed by atoms with Crippen LogP contribution in [0.15, 0.2) is 0 Å². The molecule has 7 heteroatoms. The van der Waals surface area contributed by atoms with E-state index in [1.54, 1.807) is 0 Å². The molecule has 1 fully saturated rings. The fourth-order valence-electron chi connectivity index (χ4n) is 1.22. The minimum atomic E-state index is -4.89. The van der Waals surface area contributed by atoms with E-state index in [1.807, 2.05) is 0 Å². The van der Waals surface area contributed by atoms with Gasteiger partial charge in [0.15, 0.2) is 5.41 Å². The Morgan fingerprint density at radius 3 is 2.75 bits per heavy atom. The zero-order valence-corrected chi connectivity index (χ0v) is 9.72. The van der Waals surface area contributed by atoms with Crippen molar-refractivity contribution in [2.45, 2.75) is 24.7 Å². The molecule has 0 bridgehead atoms. The molecule has 1 aliphatic rings. The fraction of sp³-hybridized carbons (Fsp3) is 1.00. The van der Waals surface area contributed by atoms with Crippen molar-refractivity contribution in [3.8, 4) is 0 Å². The lowest BCUT2D eigenvalue weighted by Gasteiger charge is -2.33. The number of ether oxygens (including phenoxy) is 1. The monoisotopic (exact) mass is 214 g/mol. The molecule has 1 aliphatic heterocycles. The minimum absolute atomic E-state index is 0.394. The second-order valence-electron chi connectivity index (χ2n) is 2.98. The molecule has 2 atom stereocenters. The highest BCUT2D eigenvalue weighted by molar-refractivity contribution is 7.47. The van der Waals surface area contributed by atoms with E-state index in [1.165, 1.54) is 0 Å². The topological polar surface area (TPSA) is 55.8 Å². The van der Waals surface area contributed by atoms with E-state index in [2.05, 4.69) is 4.52 Å². The van der Waals surface area contributed by atoms with Gasteiger partial charge in [-0.1, -0.05) is 0 Å². The van der Waals surface area contributed by atoms with Gasteiger partial charge in [0.25, 0.3) is 0 Å². The van der Waals surface area contributed by atoms with E-state index in [0.717, 1.165) is 12.8 Å². The zero-order chi connectivity index (χ0) is 9.24. The Morgan fingerprint density at radius 2 is 2.33 bits per heavy atom. The summed E-state index contributed by atoms with van der Waals surface area (Å²) in [5.41, 5.74) is -1.09. The van der Waals surface area contributed by atoms with Crippen LogP contribution in [0.2, 0.25) is 0 Å². The van der Waals surface area contributed by atoms with Gasteiger partial charge in [0, 0.05) is 6.61 Å². The smallest absolute Gasteiger partial charge is 0.354 e. The molecule has 0 amide bonds. The standard InChI is InChI=1S/C5H12FO4PSi/c6-11(7,8)10-5(12)3-1-2-4-9-5/h1-4H2,12H3,(H,7,8). The molecule has 2 unspecified atom stereocenters. The molecule has 0 spiro atoms. The number of rotatable bonds is 2. The van der Waals surface area contributed by atoms with Crippen LogP contribution in [-0.2, 0) is 13.8 Å². The van der Waals surface area contributed by atoms with Crippen molar-refractivity contribution in [3.63, 3.8) is 0 Å². The lowest BCUT2D eigenvalue weighted by molar-refractivity contribution is -0.150. The minimum Gasteiger partial charge on any atom is -0.354 e. The van der Waals surface area contributed by atoms with Crippen LogP contribution in [0.3, 0.4) is 0 Å². The van der Waals surface area contributed by atoms with Crippen LogP contribution < -0.4 is 0 Å². The molecule has 0 aromatic rings. The second kappa shape index (κ2) is 3.55. The third kappa shape index (κ3) is 3.33. The summed E-state index contributed by atoms with van der Waals surface area (Å²) >= 11 is 0. The van der Waals surface area contributed by atoms with Crippen LogP contribution in [-0.4, -0.2) is 27.2 Å². The molecule has 0 radical (unpaired) electrons. The quantitative estimate of drug-likeness (QED) is 0.530. The van der Waals surface area contributed by atoms with E-state index in [0.29, 0.717) is 23.3 Å². The molecule has 1 N–H and O–H groups in total. The van der Waals surface area contributed by atoms with Gasteiger partial charge in [-0.05, 0) is 19.3 Å². The number of halogens is 1. The Labute approximate surface area is 73.1 Å². The van der Waals surface area contributed by atoms with E-state index >= 15 is 0 Å². The summed E-state index contributed by atoms with van der Waals surface area (Å²) in [5, 5.41) is 0. The molecule has 0 aromatic heterocycles. The normalized spacial score (nSPS) is 36.2. The predicted octanol–water partition coefficient (Wildman–Crippen LogP) is 0.293. The molecule has 12 heavy (non-hydrogen) atoms. The van der Waals surface area contributed by atoms with Crippen molar-refractivity contribution in [3.05, 3.63) is 0 Å². The van der Waals surface area contributed by atoms with E-state index in [-0.39, 0.29) is 0 Å². The third-order valence-electron chi connectivity index (χ3n) is 1.74. The largest absolute Gasteiger partial charge is 0.512 e. The summed E-state index contributed by atoms with van der Waals surface area (Å²) in [5.74, 6) is 0. The Bertz CT molecular complexity index is 200. The van der Waals surface area contributed by atoms with E-state index < -0.39 is 13.3 Å². The fourth-order valence-corrected chi connectivity index (χ4v) is 3.07. The van der Waals surface area contributed by atoms with Gasteiger partial charge >= 0.3 is 7.91 Å². The average molecular weight is 214 g/mol. The van der Waals surface area contributed by atoms with E-state index in [4.69, 9.17) is 9.63 Å². The number of hydrogen-bond donors (Lipinski definition) is 1. The zero-order valence-electron chi connectivity index (χ0n) is 6.83. The first-order chi connectivity index (χ1) is 5.41. The van der Waals surface area contributed by atoms with Gasteiger partial charge in [-0.15, -0.1) is 4.20 Å². The molecule has 0 aromatic carbocycles. The summed E-state index contributed by atoms with van der Waals surface area (Å²) in [6.45, 7) is 0.476. The van der Waals surface area contributed by atoms with E-state index in [9.17, 15) is 8.76 Å². The van der Waals surface area contributed by atoms with Crippen LogP contribution in [0.25, 0.3) is 0 Å². The molecule has 1 rings (SSSR count). The van der Waals surface area contributed by atoms with Gasteiger partial charge in [-0.3, -0.25) is 9.42 Å². The number of hydrogen-bond acceptors (Lipinski definition) is 3. The van der Waals surface area contributed by atoms with Crippen molar-refractivity contribution in [1.82, 2.24) is 0 Å². The van der Waals surface area contributed by atoms with Gasteiger partial charge in [0.05, 0.1) is 10.2 Å². The Hall–Kier alpha value is 0.257. The van der Waals surface area contributed by atoms with Gasteiger partial charge in [-0.2, -0.15) is 0 Å². The maximum Gasteiger partial charge on any atom is 0.512 e. The Balaban J connectivity index is 2.53. The summed E-state index contributed by atoms with van der Waals surface area (Å²) in [4.78, 5) is 8.34. The predicted molar refractivity (Wildman–Crippen MR) is 44.5 cm³/mol. The van der Waals surface area contributed by atoms with Gasteiger partial charge in [0.1, 0.15) is 0 Å². The van der Waals surface area contributed by atoms with Crippen LogP contribution in [0.1, 0.15) is 19.3 Å². The van der Waals surface area contributed by atoms with Crippen LogP contribution in [0.5, 0.6) is 0 Å². The summed E-state index contributed by atoms with van der Waals surface area (Å²) in [6.07, 6.45) is 2.26. The van der Waals surface area contributed by atoms with Crippen molar-refractivity contribution in [1.29, 1.82) is 0 Å². The van der Waals surface area contributed by atoms with Crippen LogP contribution >= 0.6 is 7.91 Å². The van der Waals surface area contributed by atoms with Gasteiger partial charge in [0.2, 0.25) is 0 Å². The third-order valence-corrected chi connectivity index (χ3v) is 3.69. The highest BCUT2D eigenvalue weighted by Gasteiger charge is 2.36. The molecule has 4 nitrogen and oxygen atoms in total. The van der Waals surface area contributed by atoms with Crippen LogP contribution in [0.4, 0.5) is 4.20 Å². The summed E-state index contributed by atoms with van der Waals surface area (Å²) in [6, 6.07) is 0. The molecule has 72 valence electrons. The van der Waals surface area contributed by atoms with Crippen LogP contribution in [0, 0.1) is 0 Å². The lowest BCUT2D eigenvalue weighted by atomic mass is 10.2. The summed E-state index contributed by atoms with van der Waals surface area (Å²) in [7, 11) is -4.50. The molecule has 0 saturated carbocycles. The highest BCUT2D eigenvalue weighted by Crippen LogP contribution is 2.48.